The predicted octanol–water partition coefficient (Wildman–Crippen LogP) is 2.97. The van der Waals surface area contributed by atoms with Crippen molar-refractivity contribution in [2.24, 2.45) is 7.05 Å². The Bertz CT molecular complexity index is 1600. The molecule has 0 radical (unpaired) electrons. The third kappa shape index (κ3) is 5.41. The van der Waals surface area contributed by atoms with E-state index in [-0.39, 0.29) is 6.54 Å². The Morgan fingerprint density at radius 3 is 2.48 bits per heavy atom. The lowest BCUT2D eigenvalue weighted by atomic mass is 10.1. The van der Waals surface area contributed by atoms with Crippen LogP contribution in [0.1, 0.15) is 10.4 Å². The number of methoxy groups -OCH3 is 1. The number of hydrogen-bond donors (Lipinski definition) is 2. The quantitative estimate of drug-likeness (QED) is 0.270. The highest BCUT2D eigenvalue weighted by molar-refractivity contribution is 5.99. The van der Waals surface area contributed by atoms with Gasteiger partial charge in [-0.1, -0.05) is 18.2 Å². The molecule has 0 aliphatic rings. The van der Waals surface area contributed by atoms with Crippen LogP contribution in [-0.4, -0.2) is 68.1 Å². The molecule has 12 nitrogen and oxygen atoms in total. The van der Waals surface area contributed by atoms with Gasteiger partial charge in [0.05, 0.1) is 24.7 Å². The highest BCUT2D eigenvalue weighted by Gasteiger charge is 2.27. The molecule has 3 aromatic heterocycles. The van der Waals surface area contributed by atoms with Gasteiger partial charge >= 0.3 is 5.97 Å². The zero-order valence-electron chi connectivity index (χ0n) is 22.1. The number of para-hydroxylation sites is 1. The average Bonchev–Trinajstić information content (AvgIpc) is 3.35. The lowest BCUT2D eigenvalue weighted by molar-refractivity contribution is -0.142. The van der Waals surface area contributed by atoms with Crippen molar-refractivity contribution in [3.63, 3.8) is 0 Å². The van der Waals surface area contributed by atoms with Crippen molar-refractivity contribution >= 4 is 40.5 Å². The van der Waals surface area contributed by atoms with Crippen molar-refractivity contribution in [2.45, 2.75) is 6.04 Å². The van der Waals surface area contributed by atoms with E-state index in [1.165, 1.54) is 7.11 Å². The predicted molar refractivity (Wildman–Crippen MR) is 150 cm³/mol. The van der Waals surface area contributed by atoms with Crippen molar-refractivity contribution in [3.05, 3.63) is 84.8 Å². The van der Waals surface area contributed by atoms with Gasteiger partial charge in [-0.3, -0.25) is 4.79 Å². The Balaban J connectivity index is 1.43. The molecule has 0 aliphatic heterocycles. The van der Waals surface area contributed by atoms with Crippen LogP contribution >= 0.6 is 0 Å². The molecule has 0 aliphatic carbocycles. The third-order valence-electron chi connectivity index (χ3n) is 6.27. The minimum absolute atomic E-state index is 0.0456. The number of hydrogen-bond acceptors (Lipinski definition) is 10. The summed E-state index contributed by atoms with van der Waals surface area (Å²) in [5.41, 5.74) is 3.15. The maximum absolute atomic E-state index is 13.4. The van der Waals surface area contributed by atoms with Crippen LogP contribution in [0.25, 0.3) is 22.6 Å². The van der Waals surface area contributed by atoms with Gasteiger partial charge < -0.3 is 24.8 Å². The van der Waals surface area contributed by atoms with E-state index in [0.717, 1.165) is 11.2 Å². The van der Waals surface area contributed by atoms with E-state index in [1.54, 1.807) is 54.8 Å². The summed E-state index contributed by atoms with van der Waals surface area (Å²) < 4.78 is 6.92. The molecule has 3 heterocycles. The molecule has 0 fully saturated rings. The number of rotatable bonds is 9. The molecule has 1 amide bonds. The summed E-state index contributed by atoms with van der Waals surface area (Å²) in [6, 6.07) is 17.0. The first kappa shape index (κ1) is 26.2. The summed E-state index contributed by atoms with van der Waals surface area (Å²) in [5, 5.41) is 5.73. The summed E-state index contributed by atoms with van der Waals surface area (Å²) in [7, 11) is 4.90. The number of nitrogens with zero attached hydrogens (tertiary/aromatic N) is 7. The number of anilines is 3. The van der Waals surface area contributed by atoms with Crippen molar-refractivity contribution in [1.29, 1.82) is 0 Å². The molecule has 5 aromatic rings. The van der Waals surface area contributed by atoms with Crippen LogP contribution in [-0.2, 0) is 16.6 Å². The molecule has 202 valence electrons. The first-order chi connectivity index (χ1) is 19.5. The zero-order chi connectivity index (χ0) is 28.1. The van der Waals surface area contributed by atoms with Gasteiger partial charge in [0.25, 0.3) is 5.91 Å². The number of aromatic nitrogens is 6. The number of nitrogens with one attached hydrogen (secondary N) is 2. The molecule has 0 bridgehead atoms. The highest BCUT2D eigenvalue weighted by atomic mass is 16.5. The van der Waals surface area contributed by atoms with E-state index < -0.39 is 17.9 Å². The zero-order valence-corrected chi connectivity index (χ0v) is 22.1. The minimum Gasteiger partial charge on any atom is -0.467 e. The average molecular weight is 538 g/mol. The number of benzene rings is 2. The normalized spacial score (nSPS) is 11.6. The number of fused-ring (bicyclic) bond motifs is 1. The maximum atomic E-state index is 13.4. The Morgan fingerprint density at radius 2 is 1.75 bits per heavy atom. The topological polar surface area (TPSA) is 140 Å². The molecule has 1 atom stereocenters. The molecule has 0 saturated heterocycles. The highest BCUT2D eigenvalue weighted by Crippen LogP contribution is 2.24. The molecular weight excluding hydrogens is 510 g/mol. The minimum atomic E-state index is -1.02. The Hall–Kier alpha value is -5.39. The van der Waals surface area contributed by atoms with E-state index in [9.17, 15) is 9.59 Å². The van der Waals surface area contributed by atoms with Crippen molar-refractivity contribution in [1.82, 2.24) is 34.8 Å². The summed E-state index contributed by atoms with van der Waals surface area (Å²) in [6.07, 6.45) is 4.88. The second-order valence-corrected chi connectivity index (χ2v) is 8.76. The molecule has 5 rings (SSSR count). The number of aryl methyl sites for hydroxylation is 1. The van der Waals surface area contributed by atoms with Gasteiger partial charge in [-0.05, 0) is 42.5 Å². The van der Waals surface area contributed by atoms with Crippen molar-refractivity contribution < 1.29 is 14.3 Å². The molecule has 0 saturated carbocycles. The number of esters is 1. The Kier molecular flexibility index (Phi) is 7.58. The molecule has 2 N–H and O–H groups in total. The first-order valence-electron chi connectivity index (χ1n) is 12.4. The van der Waals surface area contributed by atoms with Crippen LogP contribution in [0.4, 0.5) is 17.6 Å². The van der Waals surface area contributed by atoms with E-state index in [0.29, 0.717) is 34.5 Å². The fourth-order valence-electron chi connectivity index (χ4n) is 4.26. The molecule has 0 spiro atoms. The van der Waals surface area contributed by atoms with Crippen LogP contribution in [0.15, 0.2) is 79.3 Å². The summed E-state index contributed by atoms with van der Waals surface area (Å²) in [6.45, 7) is 0.0456. The summed E-state index contributed by atoms with van der Waals surface area (Å²) in [5.74, 6) is 0.427. The Morgan fingerprint density at radius 1 is 0.975 bits per heavy atom. The lowest BCUT2D eigenvalue weighted by Crippen LogP contribution is -2.48. The monoisotopic (exact) mass is 537 g/mol. The molecule has 12 heteroatoms. The Labute approximate surface area is 230 Å². The second-order valence-electron chi connectivity index (χ2n) is 8.76. The summed E-state index contributed by atoms with van der Waals surface area (Å²) >= 11 is 0. The van der Waals surface area contributed by atoms with Crippen LogP contribution in [0.2, 0.25) is 0 Å². The van der Waals surface area contributed by atoms with E-state index in [4.69, 9.17) is 9.72 Å². The standard InChI is InChI=1S/C28H27N9O3/c1-29-27-30-15-12-20(35-27)24-33-21-16-18(10-11-23(21)36(24)2)25(38)34-22(26(39)40-3)17-37(19-8-5-4-6-9-19)28-31-13-7-14-32-28/h4-16,22H,17H2,1-3H3,(H,34,38)(H,29,30,35). The fraction of sp³-hybridized carbons (Fsp3) is 0.179. The van der Waals surface area contributed by atoms with E-state index >= 15 is 0 Å². The first-order valence-corrected chi connectivity index (χ1v) is 12.4. The van der Waals surface area contributed by atoms with Crippen LogP contribution < -0.4 is 15.5 Å². The van der Waals surface area contributed by atoms with Gasteiger partial charge in [0.1, 0.15) is 11.7 Å². The number of ether oxygens (including phenoxy) is 1. The lowest BCUT2D eigenvalue weighted by Gasteiger charge is -2.27. The molecule has 2 aromatic carbocycles. The molecular formula is C28H27N9O3. The molecule has 1 unspecified atom stereocenters. The molecule has 40 heavy (non-hydrogen) atoms. The largest absolute Gasteiger partial charge is 0.467 e. The SMILES string of the molecule is CNc1nccc(-c2nc3cc(C(=O)NC(CN(c4ccccc4)c4ncccn4)C(=O)OC)ccc3n2C)n1. The number of carbonyl (C=O) groups excluding carboxylic acids is 2. The van der Waals surface area contributed by atoms with Gasteiger partial charge in [0, 0.05) is 43.9 Å². The number of amides is 1. The third-order valence-corrected chi connectivity index (χ3v) is 6.27. The van der Waals surface area contributed by atoms with Gasteiger partial charge in [0.15, 0.2) is 5.82 Å². The van der Waals surface area contributed by atoms with Crippen LogP contribution in [0, 0.1) is 0 Å². The van der Waals surface area contributed by atoms with Crippen LogP contribution in [0.3, 0.4) is 0 Å². The smallest absolute Gasteiger partial charge is 0.330 e. The van der Waals surface area contributed by atoms with E-state index in [1.807, 2.05) is 48.0 Å². The van der Waals surface area contributed by atoms with Gasteiger partial charge in [-0.15, -0.1) is 0 Å². The van der Waals surface area contributed by atoms with Gasteiger partial charge in [0.2, 0.25) is 11.9 Å². The van der Waals surface area contributed by atoms with Gasteiger partial charge in [-0.25, -0.2) is 29.7 Å². The number of imidazole rings is 1. The van der Waals surface area contributed by atoms with Crippen LogP contribution in [0.5, 0.6) is 0 Å². The number of carbonyl (C=O) groups is 2. The van der Waals surface area contributed by atoms with E-state index in [2.05, 4.69) is 30.6 Å². The fourth-order valence-corrected chi connectivity index (χ4v) is 4.26. The van der Waals surface area contributed by atoms with Gasteiger partial charge in [-0.2, -0.15) is 0 Å². The van der Waals surface area contributed by atoms with Crippen molar-refractivity contribution in [2.75, 3.05) is 30.9 Å². The second kappa shape index (κ2) is 11.6. The van der Waals surface area contributed by atoms with Crippen molar-refractivity contribution in [3.8, 4) is 11.5 Å². The summed E-state index contributed by atoms with van der Waals surface area (Å²) in [4.78, 5) is 49.9. The maximum Gasteiger partial charge on any atom is 0.330 e.